The lowest BCUT2D eigenvalue weighted by Gasteiger charge is -2.03. The van der Waals surface area contributed by atoms with Crippen LogP contribution in [0.2, 0.25) is 0 Å². The highest BCUT2D eigenvalue weighted by Gasteiger charge is 2.18. The summed E-state index contributed by atoms with van der Waals surface area (Å²) in [5.41, 5.74) is 0.683. The molecule has 2 aromatic heterocycles. The van der Waals surface area contributed by atoms with Crippen LogP contribution >= 0.6 is 0 Å². The number of rotatable bonds is 2. The number of aromatic hydroxyl groups is 1. The Morgan fingerprint density at radius 1 is 1.11 bits per heavy atom. The van der Waals surface area contributed by atoms with Gasteiger partial charge in [0.05, 0.1) is 9.79 Å². The molecule has 0 unspecified atom stereocenters. The molecular formula is C13H10N2O3S. The molecule has 0 aliphatic rings. The zero-order valence-corrected chi connectivity index (χ0v) is 10.6. The number of aromatic amines is 1. The molecule has 0 aliphatic carbocycles. The summed E-state index contributed by atoms with van der Waals surface area (Å²) in [6, 6.07) is 9.21. The normalized spacial score (nSPS) is 11.8. The minimum Gasteiger partial charge on any atom is -0.495 e. The monoisotopic (exact) mass is 274 g/mol. The molecule has 3 rings (SSSR count). The second kappa shape index (κ2) is 4.10. The van der Waals surface area contributed by atoms with Crippen molar-refractivity contribution >= 4 is 20.7 Å². The van der Waals surface area contributed by atoms with E-state index >= 15 is 0 Å². The van der Waals surface area contributed by atoms with Crippen LogP contribution in [0.3, 0.4) is 0 Å². The average Bonchev–Trinajstić information content (AvgIpc) is 2.78. The highest BCUT2D eigenvalue weighted by atomic mass is 32.2. The van der Waals surface area contributed by atoms with Crippen LogP contribution in [0, 0.1) is 0 Å². The quantitative estimate of drug-likeness (QED) is 0.749. The van der Waals surface area contributed by atoms with Gasteiger partial charge in [-0.1, -0.05) is 0 Å². The first kappa shape index (κ1) is 11.7. The van der Waals surface area contributed by atoms with E-state index in [4.69, 9.17) is 0 Å². The molecule has 0 aliphatic heterocycles. The summed E-state index contributed by atoms with van der Waals surface area (Å²) in [4.78, 5) is 6.86. The van der Waals surface area contributed by atoms with Gasteiger partial charge in [0, 0.05) is 29.4 Å². The highest BCUT2D eigenvalue weighted by Crippen LogP contribution is 2.26. The van der Waals surface area contributed by atoms with Gasteiger partial charge in [-0.2, -0.15) is 0 Å². The van der Waals surface area contributed by atoms with Gasteiger partial charge in [-0.25, -0.2) is 8.42 Å². The molecule has 0 atom stereocenters. The van der Waals surface area contributed by atoms with Crippen LogP contribution in [-0.4, -0.2) is 23.5 Å². The van der Waals surface area contributed by atoms with Crippen LogP contribution in [0.25, 0.3) is 10.9 Å². The Bertz CT molecular complexity index is 839. The largest absolute Gasteiger partial charge is 0.495 e. The first-order valence-corrected chi connectivity index (χ1v) is 7.02. The van der Waals surface area contributed by atoms with Crippen LogP contribution < -0.4 is 0 Å². The molecule has 2 heterocycles. The third-order valence-electron chi connectivity index (χ3n) is 2.83. The molecule has 6 heteroatoms. The van der Waals surface area contributed by atoms with Gasteiger partial charge in [0.2, 0.25) is 9.84 Å². The minimum atomic E-state index is -3.58. The molecule has 0 saturated heterocycles. The van der Waals surface area contributed by atoms with E-state index in [0.717, 1.165) is 0 Å². The summed E-state index contributed by atoms with van der Waals surface area (Å²) in [6.07, 6.45) is 2.83. The molecule has 0 amide bonds. The highest BCUT2D eigenvalue weighted by molar-refractivity contribution is 7.91. The van der Waals surface area contributed by atoms with Crippen molar-refractivity contribution in [3.8, 4) is 5.88 Å². The van der Waals surface area contributed by atoms with E-state index in [2.05, 4.69) is 9.97 Å². The van der Waals surface area contributed by atoms with Gasteiger partial charge in [-0.15, -0.1) is 0 Å². The second-order valence-electron chi connectivity index (χ2n) is 4.10. The summed E-state index contributed by atoms with van der Waals surface area (Å²) in [6.45, 7) is 0. The van der Waals surface area contributed by atoms with Gasteiger partial charge in [0.1, 0.15) is 0 Å². The van der Waals surface area contributed by atoms with Crippen LogP contribution in [0.1, 0.15) is 0 Å². The number of nitrogens with one attached hydrogen (secondary N) is 1. The number of benzene rings is 1. The van der Waals surface area contributed by atoms with E-state index in [0.29, 0.717) is 10.9 Å². The van der Waals surface area contributed by atoms with E-state index in [1.54, 1.807) is 12.1 Å². The predicted molar refractivity (Wildman–Crippen MR) is 69.7 cm³/mol. The number of hydrogen-bond donors (Lipinski definition) is 2. The van der Waals surface area contributed by atoms with E-state index in [9.17, 15) is 13.5 Å². The van der Waals surface area contributed by atoms with Crippen molar-refractivity contribution in [3.63, 3.8) is 0 Å². The predicted octanol–water partition coefficient (Wildman–Crippen LogP) is 2.10. The average molecular weight is 274 g/mol. The van der Waals surface area contributed by atoms with Gasteiger partial charge < -0.3 is 10.1 Å². The van der Waals surface area contributed by atoms with E-state index in [1.807, 2.05) is 0 Å². The Morgan fingerprint density at radius 2 is 1.95 bits per heavy atom. The second-order valence-corrected chi connectivity index (χ2v) is 6.05. The van der Waals surface area contributed by atoms with Crippen LogP contribution in [0.15, 0.2) is 58.6 Å². The maximum absolute atomic E-state index is 12.4. The smallest absolute Gasteiger partial charge is 0.208 e. The van der Waals surface area contributed by atoms with Crippen LogP contribution in [0.5, 0.6) is 5.88 Å². The molecule has 0 bridgehead atoms. The summed E-state index contributed by atoms with van der Waals surface area (Å²) in [7, 11) is -3.58. The number of nitrogens with zero attached hydrogens (tertiary/aromatic N) is 1. The fourth-order valence-corrected chi connectivity index (χ4v) is 3.16. The molecule has 0 spiro atoms. The molecule has 1 aromatic carbocycles. The lowest BCUT2D eigenvalue weighted by atomic mass is 10.2. The topological polar surface area (TPSA) is 83.0 Å². The number of aromatic nitrogens is 2. The van der Waals surface area contributed by atoms with Crippen molar-refractivity contribution < 1.29 is 13.5 Å². The summed E-state index contributed by atoms with van der Waals surface area (Å²) >= 11 is 0. The van der Waals surface area contributed by atoms with E-state index < -0.39 is 9.84 Å². The number of pyridine rings is 1. The molecule has 0 radical (unpaired) electrons. The molecule has 19 heavy (non-hydrogen) atoms. The number of H-pyrrole nitrogens is 1. The van der Waals surface area contributed by atoms with Gasteiger partial charge in [-0.05, 0) is 30.3 Å². The lowest BCUT2D eigenvalue weighted by Crippen LogP contribution is -2.01. The Morgan fingerprint density at radius 3 is 2.68 bits per heavy atom. The molecule has 0 saturated carbocycles. The van der Waals surface area contributed by atoms with Crippen molar-refractivity contribution in [2.24, 2.45) is 0 Å². The fraction of sp³-hybridized carbons (Fsp3) is 0. The standard InChI is InChI=1S/C13H10N2O3S/c16-13-7-9-6-10(3-4-12(9)15-13)19(17,18)11-2-1-5-14-8-11/h1-8,15-16H. The number of sulfone groups is 1. The summed E-state index contributed by atoms with van der Waals surface area (Å²) in [5.74, 6) is 0.00549. The number of fused-ring (bicyclic) bond motifs is 1. The molecule has 96 valence electrons. The molecule has 2 N–H and O–H groups in total. The first-order valence-electron chi connectivity index (χ1n) is 5.54. The maximum Gasteiger partial charge on any atom is 0.208 e. The zero-order valence-electron chi connectivity index (χ0n) is 9.74. The summed E-state index contributed by atoms with van der Waals surface area (Å²) in [5, 5.41) is 9.99. The van der Waals surface area contributed by atoms with E-state index in [-0.39, 0.29) is 15.7 Å². The van der Waals surface area contributed by atoms with E-state index in [1.165, 1.54) is 36.7 Å². The molecule has 0 fully saturated rings. The maximum atomic E-state index is 12.4. The Labute approximate surface area is 109 Å². The van der Waals surface area contributed by atoms with Crippen molar-refractivity contribution in [1.29, 1.82) is 0 Å². The van der Waals surface area contributed by atoms with Gasteiger partial charge in [0.15, 0.2) is 5.88 Å². The van der Waals surface area contributed by atoms with Crippen molar-refractivity contribution in [2.75, 3.05) is 0 Å². The minimum absolute atomic E-state index is 0.00549. The SMILES string of the molecule is O=S(=O)(c1cccnc1)c1ccc2[nH]c(O)cc2c1. The zero-order chi connectivity index (χ0) is 13.5. The van der Waals surface area contributed by atoms with Crippen LogP contribution in [-0.2, 0) is 9.84 Å². The van der Waals surface area contributed by atoms with Crippen molar-refractivity contribution in [2.45, 2.75) is 9.79 Å². The number of hydrogen-bond acceptors (Lipinski definition) is 4. The summed E-state index contributed by atoms with van der Waals surface area (Å²) < 4.78 is 24.7. The third kappa shape index (κ3) is 1.96. The first-order chi connectivity index (χ1) is 9.07. The van der Waals surface area contributed by atoms with Gasteiger partial charge >= 0.3 is 0 Å². The third-order valence-corrected chi connectivity index (χ3v) is 4.57. The van der Waals surface area contributed by atoms with Crippen molar-refractivity contribution in [3.05, 3.63) is 48.8 Å². The van der Waals surface area contributed by atoms with Gasteiger partial charge in [0.25, 0.3) is 0 Å². The Balaban J connectivity index is 2.18. The molecule has 5 nitrogen and oxygen atoms in total. The Kier molecular flexibility index (Phi) is 2.53. The molecular weight excluding hydrogens is 264 g/mol. The fourth-order valence-electron chi connectivity index (χ4n) is 1.90. The Hall–Kier alpha value is -2.34. The van der Waals surface area contributed by atoms with Crippen LogP contribution in [0.4, 0.5) is 0 Å². The van der Waals surface area contributed by atoms with Gasteiger partial charge in [-0.3, -0.25) is 4.98 Å². The lowest BCUT2D eigenvalue weighted by molar-refractivity contribution is 0.458. The molecule has 3 aromatic rings. The van der Waals surface area contributed by atoms with Crippen molar-refractivity contribution in [1.82, 2.24) is 9.97 Å².